The van der Waals surface area contributed by atoms with Crippen LogP contribution in [0.1, 0.15) is 94.9 Å². The number of ether oxygens (including phenoxy) is 1. The van der Waals surface area contributed by atoms with Gasteiger partial charge in [-0.15, -0.1) is 6.58 Å². The van der Waals surface area contributed by atoms with Crippen LogP contribution in [0.3, 0.4) is 0 Å². The van der Waals surface area contributed by atoms with E-state index < -0.39 is 70.7 Å². The second-order valence-electron chi connectivity index (χ2n) is 16.5. The number of nitrogens with zero attached hydrogens (tertiary/aromatic N) is 1. The Morgan fingerprint density at radius 2 is 1.60 bits per heavy atom. The zero-order valence-electron chi connectivity index (χ0n) is 30.0. The summed E-state index contributed by atoms with van der Waals surface area (Å²) in [5, 5.41) is 10.8. The van der Waals surface area contributed by atoms with Gasteiger partial charge in [0.25, 0.3) is 5.91 Å². The molecule has 0 spiro atoms. The predicted molar refractivity (Wildman–Crippen MR) is 178 cm³/mol. The second-order valence-corrected chi connectivity index (χ2v) is 16.5. The molecule has 47 heavy (non-hydrogen) atoms. The van der Waals surface area contributed by atoms with Gasteiger partial charge in [-0.25, -0.2) is 9.59 Å². The number of amides is 5. The van der Waals surface area contributed by atoms with E-state index in [1.165, 1.54) is 11.0 Å². The topological polar surface area (TPSA) is 163 Å². The van der Waals surface area contributed by atoms with Gasteiger partial charge in [-0.2, -0.15) is 0 Å². The van der Waals surface area contributed by atoms with Crippen molar-refractivity contribution in [2.24, 2.45) is 34.5 Å². The lowest BCUT2D eigenvalue weighted by Gasteiger charge is -2.38. The first-order valence-corrected chi connectivity index (χ1v) is 16.9. The summed E-state index contributed by atoms with van der Waals surface area (Å²) in [6.45, 7) is 22.4. The molecule has 0 bridgehead atoms. The first kappa shape index (κ1) is 38.0. The van der Waals surface area contributed by atoms with E-state index in [2.05, 4.69) is 41.7 Å². The number of carbonyl (C=O) groups excluding carboxylic acids is 6. The van der Waals surface area contributed by atoms with Crippen LogP contribution in [-0.2, 0) is 28.7 Å². The maximum atomic E-state index is 14.3. The molecule has 3 fully saturated rings. The van der Waals surface area contributed by atoms with Crippen LogP contribution >= 0.6 is 0 Å². The Balaban J connectivity index is 1.83. The minimum absolute atomic E-state index is 0.0609. The molecule has 5 amide bonds. The molecule has 0 aromatic heterocycles. The molecule has 2 saturated carbocycles. The molecule has 264 valence electrons. The molecule has 3 rings (SSSR count). The molecular weight excluding hydrogens is 602 g/mol. The lowest BCUT2D eigenvalue weighted by molar-refractivity contribution is -0.158. The van der Waals surface area contributed by atoms with Crippen molar-refractivity contribution in [2.45, 2.75) is 125 Å². The standard InChI is InChI=1S/C35H57N5O7/c1-12-16-36-29(43)26(41)22(17-20-14-13-15-20)37-28(42)25-23-21(35(23,10)11)18-40(25)30(44)27(33(4,5)6)39-32(46)38-24(19(2)3)31(45)47-34(7,8)9/h12,19-25,27H,1,13-18H2,2-11H3,(H,36,43)(H,37,42)(H2,38,39,46)/t21-,22?,23-,24-,25-,27+/m0/s1. The third-order valence-electron chi connectivity index (χ3n) is 9.82. The largest absolute Gasteiger partial charge is 0.458 e. The lowest BCUT2D eigenvalue weighted by atomic mass is 9.80. The number of piperidine rings is 1. The third kappa shape index (κ3) is 9.13. The molecule has 1 unspecified atom stereocenters. The number of rotatable bonds is 13. The molecule has 12 heteroatoms. The number of hydrogen-bond acceptors (Lipinski definition) is 7. The van der Waals surface area contributed by atoms with Crippen molar-refractivity contribution in [1.29, 1.82) is 0 Å². The number of carbonyl (C=O) groups is 6. The summed E-state index contributed by atoms with van der Waals surface area (Å²) in [5.74, 6) is -3.13. The fraction of sp³-hybridized carbons (Fsp3) is 0.771. The number of nitrogens with one attached hydrogen (secondary N) is 4. The summed E-state index contributed by atoms with van der Waals surface area (Å²) in [6, 6.07) is -4.58. The average Bonchev–Trinajstić information content (AvgIpc) is 3.24. The van der Waals surface area contributed by atoms with Gasteiger partial charge < -0.3 is 30.9 Å². The Kier molecular flexibility index (Phi) is 11.6. The van der Waals surface area contributed by atoms with E-state index >= 15 is 0 Å². The smallest absolute Gasteiger partial charge is 0.329 e. The Hall–Kier alpha value is -3.44. The monoisotopic (exact) mass is 659 g/mol. The highest BCUT2D eigenvalue weighted by molar-refractivity contribution is 6.38. The van der Waals surface area contributed by atoms with Crippen LogP contribution in [0.2, 0.25) is 0 Å². The Morgan fingerprint density at radius 3 is 2.09 bits per heavy atom. The van der Waals surface area contributed by atoms with Crippen LogP contribution in [0, 0.1) is 34.5 Å². The number of ketones is 1. The molecule has 2 aliphatic carbocycles. The van der Waals surface area contributed by atoms with Crippen LogP contribution in [0.4, 0.5) is 4.79 Å². The van der Waals surface area contributed by atoms with Crippen LogP contribution in [0.5, 0.6) is 0 Å². The molecule has 0 aromatic carbocycles. The van der Waals surface area contributed by atoms with E-state index in [1.54, 1.807) is 34.6 Å². The molecule has 0 radical (unpaired) electrons. The van der Waals surface area contributed by atoms with Crippen LogP contribution < -0.4 is 21.3 Å². The molecule has 1 aliphatic heterocycles. The van der Waals surface area contributed by atoms with Crippen molar-refractivity contribution >= 4 is 35.5 Å². The average molecular weight is 660 g/mol. The molecule has 12 nitrogen and oxygen atoms in total. The number of fused-ring (bicyclic) bond motifs is 1. The van der Waals surface area contributed by atoms with Gasteiger partial charge in [0.2, 0.25) is 17.6 Å². The Morgan fingerprint density at radius 1 is 0.979 bits per heavy atom. The van der Waals surface area contributed by atoms with Crippen molar-refractivity contribution in [3.8, 4) is 0 Å². The highest BCUT2D eigenvalue weighted by Gasteiger charge is 2.70. The summed E-state index contributed by atoms with van der Waals surface area (Å²) in [6.07, 6.45) is 4.71. The van der Waals surface area contributed by atoms with Crippen molar-refractivity contribution < 1.29 is 33.5 Å². The maximum Gasteiger partial charge on any atom is 0.329 e. The number of likely N-dealkylation sites (tertiary alicyclic amines) is 1. The van der Waals surface area contributed by atoms with Gasteiger partial charge in [0, 0.05) is 13.1 Å². The van der Waals surface area contributed by atoms with Crippen molar-refractivity contribution in [3.63, 3.8) is 0 Å². The molecular formula is C35H57N5O7. The van der Waals surface area contributed by atoms with E-state index in [4.69, 9.17) is 4.74 Å². The summed E-state index contributed by atoms with van der Waals surface area (Å²) in [7, 11) is 0. The van der Waals surface area contributed by atoms with Crippen LogP contribution in [-0.4, -0.2) is 83.3 Å². The summed E-state index contributed by atoms with van der Waals surface area (Å²) in [4.78, 5) is 81.9. The van der Waals surface area contributed by atoms with E-state index in [9.17, 15) is 28.8 Å². The molecule has 1 saturated heterocycles. The normalized spacial score (nSPS) is 23.7. The molecule has 3 aliphatic rings. The molecule has 6 atom stereocenters. The Labute approximate surface area is 279 Å². The van der Waals surface area contributed by atoms with Gasteiger partial charge in [-0.1, -0.05) is 73.8 Å². The molecule has 4 N–H and O–H groups in total. The minimum atomic E-state index is -1.04. The molecule has 0 aromatic rings. The van der Waals surface area contributed by atoms with Gasteiger partial charge in [-0.3, -0.25) is 19.2 Å². The van der Waals surface area contributed by atoms with Crippen molar-refractivity contribution in [3.05, 3.63) is 12.7 Å². The van der Waals surface area contributed by atoms with Crippen LogP contribution in [0.15, 0.2) is 12.7 Å². The van der Waals surface area contributed by atoms with Gasteiger partial charge in [0.15, 0.2) is 0 Å². The Bertz CT molecular complexity index is 1240. The van der Waals surface area contributed by atoms with Crippen LogP contribution in [0.25, 0.3) is 0 Å². The van der Waals surface area contributed by atoms with Crippen molar-refractivity contribution in [1.82, 2.24) is 26.2 Å². The van der Waals surface area contributed by atoms with Gasteiger partial charge in [0.1, 0.15) is 23.7 Å². The number of urea groups is 1. The first-order valence-electron chi connectivity index (χ1n) is 16.9. The minimum Gasteiger partial charge on any atom is -0.458 e. The number of hydrogen-bond donors (Lipinski definition) is 4. The van der Waals surface area contributed by atoms with Gasteiger partial charge in [0.05, 0.1) is 6.04 Å². The second kappa shape index (κ2) is 14.4. The highest BCUT2D eigenvalue weighted by atomic mass is 16.6. The van der Waals surface area contributed by atoms with Gasteiger partial charge in [-0.05, 0) is 61.7 Å². The zero-order chi connectivity index (χ0) is 35.6. The maximum absolute atomic E-state index is 14.3. The van der Waals surface area contributed by atoms with E-state index in [-0.39, 0.29) is 35.6 Å². The summed E-state index contributed by atoms with van der Waals surface area (Å²) < 4.78 is 5.50. The van der Waals surface area contributed by atoms with Crippen molar-refractivity contribution in [2.75, 3.05) is 13.1 Å². The summed E-state index contributed by atoms with van der Waals surface area (Å²) >= 11 is 0. The predicted octanol–water partition coefficient (Wildman–Crippen LogP) is 3.10. The van der Waals surface area contributed by atoms with E-state index in [0.29, 0.717) is 13.0 Å². The lowest BCUT2D eigenvalue weighted by Crippen LogP contribution is -2.62. The zero-order valence-corrected chi connectivity index (χ0v) is 30.0. The summed E-state index contributed by atoms with van der Waals surface area (Å²) in [5.41, 5.74) is -1.71. The SMILES string of the molecule is C=CCNC(=O)C(=O)C(CC1CCC1)NC(=O)[C@@H]1[C@@H]2[C@H](CN1C(=O)[C@@H](NC(=O)N[C@H](C(=O)OC(C)(C)C)C(C)C)C(C)(C)C)C2(C)C. The van der Waals surface area contributed by atoms with Gasteiger partial charge >= 0.3 is 12.0 Å². The first-order chi connectivity index (χ1) is 21.6. The fourth-order valence-corrected chi connectivity index (χ4v) is 6.77. The number of Topliss-reactive ketones (excluding diaryl/α,β-unsaturated/α-hetero) is 1. The third-order valence-corrected chi connectivity index (χ3v) is 9.82. The van der Waals surface area contributed by atoms with E-state index in [0.717, 1.165) is 19.3 Å². The number of esters is 1. The fourth-order valence-electron chi connectivity index (χ4n) is 6.77. The molecule has 1 heterocycles. The van der Waals surface area contributed by atoms with E-state index in [1.807, 2.05) is 20.8 Å². The highest BCUT2D eigenvalue weighted by Crippen LogP contribution is 2.65. The quantitative estimate of drug-likeness (QED) is 0.134.